The first-order chi connectivity index (χ1) is 7.76. The first-order valence-corrected chi connectivity index (χ1v) is 7.33. The zero-order valence-corrected chi connectivity index (χ0v) is 10.9. The summed E-state index contributed by atoms with van der Waals surface area (Å²) in [6.07, 6.45) is 1.15. The summed E-state index contributed by atoms with van der Waals surface area (Å²) in [4.78, 5) is 0. The molecule has 0 aromatic carbocycles. The Hall–Kier alpha value is -0.0231. The van der Waals surface area contributed by atoms with Gasteiger partial charge in [-0.05, 0) is 6.42 Å². The Balaban J connectivity index is 2.09. The second-order valence-corrected chi connectivity index (χ2v) is 6.51. The molecule has 1 saturated heterocycles. The van der Waals surface area contributed by atoms with E-state index in [2.05, 4.69) is 0 Å². The van der Waals surface area contributed by atoms with Crippen LogP contribution in [0.25, 0.3) is 0 Å². The maximum Gasteiger partial charge on any atom is 0.501 e. The van der Waals surface area contributed by atoms with Gasteiger partial charge < -0.3 is 28.5 Å². The van der Waals surface area contributed by atoms with E-state index in [0.717, 1.165) is 13.0 Å². The average molecular weight is 251 g/mol. The van der Waals surface area contributed by atoms with Crippen molar-refractivity contribution in [2.45, 2.75) is 18.6 Å². The zero-order chi connectivity index (χ0) is 11.9. The van der Waals surface area contributed by atoms with E-state index in [9.17, 15) is 0 Å². The van der Waals surface area contributed by atoms with Gasteiger partial charge in [-0.2, -0.15) is 0 Å². The van der Waals surface area contributed by atoms with Crippen LogP contribution in [0.5, 0.6) is 0 Å². The second kappa shape index (κ2) is 7.33. The van der Waals surface area contributed by atoms with Crippen molar-refractivity contribution in [1.29, 1.82) is 0 Å². The molecule has 0 aliphatic carbocycles. The Morgan fingerprint density at radius 2 is 2.06 bits per heavy atom. The summed E-state index contributed by atoms with van der Waals surface area (Å²) in [6, 6.07) is 0.711. The van der Waals surface area contributed by atoms with Gasteiger partial charge in [0.2, 0.25) is 0 Å². The van der Waals surface area contributed by atoms with Gasteiger partial charge in [0.1, 0.15) is 6.10 Å². The molecule has 1 atom stereocenters. The molecule has 6 nitrogen and oxygen atoms in total. The minimum Gasteiger partial charge on any atom is -0.379 e. The van der Waals surface area contributed by atoms with E-state index < -0.39 is 8.80 Å². The highest BCUT2D eigenvalue weighted by Crippen LogP contribution is 2.16. The molecule has 1 aliphatic heterocycles. The van der Waals surface area contributed by atoms with E-state index in [-0.39, 0.29) is 6.73 Å². The first-order valence-electron chi connectivity index (χ1n) is 5.40. The van der Waals surface area contributed by atoms with Crippen LogP contribution in [-0.4, -0.2) is 55.7 Å². The highest BCUT2D eigenvalue weighted by Gasteiger charge is 2.38. The van der Waals surface area contributed by atoms with Crippen molar-refractivity contribution in [1.82, 2.24) is 0 Å². The first kappa shape index (κ1) is 14.0. The molecule has 7 heteroatoms. The van der Waals surface area contributed by atoms with E-state index in [1.807, 2.05) is 0 Å². The molecule has 0 saturated carbocycles. The fraction of sp³-hybridized carbons (Fsp3) is 1.00. The summed E-state index contributed by atoms with van der Waals surface area (Å²) in [5.74, 6) is 0. The van der Waals surface area contributed by atoms with Crippen LogP contribution in [0.1, 0.15) is 6.42 Å². The third-order valence-electron chi connectivity index (χ3n) is 2.40. The van der Waals surface area contributed by atoms with Gasteiger partial charge in [-0.15, -0.1) is 0 Å². The molecule has 1 fully saturated rings. The van der Waals surface area contributed by atoms with Crippen LogP contribution in [0.3, 0.4) is 0 Å². The van der Waals surface area contributed by atoms with Gasteiger partial charge >= 0.3 is 8.80 Å². The standard InChI is InChI=1S/C9H21NO5Si/c1-11-16(12-2,15-8-10)5-3-4-13-6-9-7-14-9/h9H,3-8,10H2,1-2H3. The lowest BCUT2D eigenvalue weighted by atomic mass is 10.5. The Kier molecular flexibility index (Phi) is 6.43. The van der Waals surface area contributed by atoms with Crippen LogP contribution >= 0.6 is 0 Å². The van der Waals surface area contributed by atoms with Crippen LogP contribution < -0.4 is 5.73 Å². The molecule has 0 aromatic heterocycles. The molecule has 1 aliphatic rings. The molecule has 1 heterocycles. The van der Waals surface area contributed by atoms with Crippen molar-refractivity contribution in [2.24, 2.45) is 5.73 Å². The van der Waals surface area contributed by atoms with E-state index in [1.54, 1.807) is 14.2 Å². The zero-order valence-electron chi connectivity index (χ0n) is 9.94. The third-order valence-corrected chi connectivity index (χ3v) is 5.22. The molecular formula is C9H21NO5Si. The number of hydrogen-bond acceptors (Lipinski definition) is 6. The number of ether oxygens (including phenoxy) is 2. The van der Waals surface area contributed by atoms with Gasteiger partial charge in [0.15, 0.2) is 0 Å². The lowest BCUT2D eigenvalue weighted by Gasteiger charge is -2.25. The highest BCUT2D eigenvalue weighted by atomic mass is 28.4. The van der Waals surface area contributed by atoms with Crippen molar-refractivity contribution in [3.05, 3.63) is 0 Å². The van der Waals surface area contributed by atoms with E-state index >= 15 is 0 Å². The molecule has 0 amide bonds. The maximum absolute atomic E-state index is 5.42. The van der Waals surface area contributed by atoms with Crippen LogP contribution in [0.15, 0.2) is 0 Å². The topological polar surface area (TPSA) is 75.5 Å². The molecular weight excluding hydrogens is 230 g/mol. The summed E-state index contributed by atoms with van der Waals surface area (Å²) in [7, 11) is 0.634. The van der Waals surface area contributed by atoms with E-state index in [1.165, 1.54) is 0 Å². The fourth-order valence-electron chi connectivity index (χ4n) is 1.37. The van der Waals surface area contributed by atoms with E-state index in [0.29, 0.717) is 25.4 Å². The molecule has 96 valence electrons. The van der Waals surface area contributed by atoms with Gasteiger partial charge in [-0.25, -0.2) is 0 Å². The minimum absolute atomic E-state index is 0.116. The summed E-state index contributed by atoms with van der Waals surface area (Å²) >= 11 is 0. The SMILES string of the molecule is CO[Si](CCCOCC1CO1)(OC)OCN. The molecule has 0 radical (unpaired) electrons. The van der Waals surface area contributed by atoms with Crippen LogP contribution in [0.4, 0.5) is 0 Å². The Bertz CT molecular complexity index is 187. The fourth-order valence-corrected chi connectivity index (χ4v) is 3.16. The van der Waals surface area contributed by atoms with Gasteiger partial charge in [0.05, 0.1) is 19.9 Å². The summed E-state index contributed by atoms with van der Waals surface area (Å²) < 4.78 is 26.4. The van der Waals surface area contributed by atoms with Gasteiger partial charge in [0, 0.05) is 26.9 Å². The molecule has 1 rings (SSSR count). The predicted molar refractivity (Wildman–Crippen MR) is 59.9 cm³/mol. The smallest absolute Gasteiger partial charge is 0.379 e. The lowest BCUT2D eigenvalue weighted by molar-refractivity contribution is 0.0882. The number of nitrogens with two attached hydrogens (primary N) is 1. The predicted octanol–water partition coefficient (Wildman–Crippen LogP) is -0.0436. The highest BCUT2D eigenvalue weighted by molar-refractivity contribution is 6.60. The average Bonchev–Trinajstić information content (AvgIpc) is 3.11. The summed E-state index contributed by atoms with van der Waals surface area (Å²) in [6.45, 7) is 2.28. The van der Waals surface area contributed by atoms with Crippen LogP contribution in [0, 0.1) is 0 Å². The molecule has 16 heavy (non-hydrogen) atoms. The Labute approximate surface area is 97.3 Å². The van der Waals surface area contributed by atoms with Crippen molar-refractivity contribution < 1.29 is 22.8 Å². The third kappa shape index (κ3) is 4.87. The quantitative estimate of drug-likeness (QED) is 0.254. The number of hydrogen-bond donors (Lipinski definition) is 1. The molecule has 0 spiro atoms. The van der Waals surface area contributed by atoms with Crippen LogP contribution in [0.2, 0.25) is 6.04 Å². The maximum atomic E-state index is 5.42. The summed E-state index contributed by atoms with van der Waals surface area (Å²) in [5, 5.41) is 0. The van der Waals surface area contributed by atoms with Gasteiger partial charge in [0.25, 0.3) is 0 Å². The molecule has 2 N–H and O–H groups in total. The normalized spacial score (nSPS) is 20.1. The monoisotopic (exact) mass is 251 g/mol. The Morgan fingerprint density at radius 3 is 2.56 bits per heavy atom. The molecule has 1 unspecified atom stereocenters. The molecule has 0 aromatic rings. The number of epoxide rings is 1. The largest absolute Gasteiger partial charge is 0.501 e. The van der Waals surface area contributed by atoms with Crippen molar-refractivity contribution in [3.63, 3.8) is 0 Å². The van der Waals surface area contributed by atoms with Crippen molar-refractivity contribution in [3.8, 4) is 0 Å². The second-order valence-electron chi connectivity index (χ2n) is 3.54. The van der Waals surface area contributed by atoms with Crippen molar-refractivity contribution in [2.75, 3.05) is 40.8 Å². The molecule has 0 bridgehead atoms. The van der Waals surface area contributed by atoms with Gasteiger partial charge in [-0.3, -0.25) is 0 Å². The van der Waals surface area contributed by atoms with Crippen molar-refractivity contribution >= 4 is 8.80 Å². The van der Waals surface area contributed by atoms with Crippen LogP contribution in [-0.2, 0) is 22.8 Å². The van der Waals surface area contributed by atoms with E-state index in [4.69, 9.17) is 28.5 Å². The lowest BCUT2D eigenvalue weighted by Crippen LogP contribution is -2.45. The van der Waals surface area contributed by atoms with Gasteiger partial charge in [-0.1, -0.05) is 0 Å². The number of rotatable bonds is 10. The minimum atomic E-state index is -2.54. The Morgan fingerprint density at radius 1 is 1.38 bits per heavy atom. The summed E-state index contributed by atoms with van der Waals surface area (Å²) in [5.41, 5.74) is 5.35.